The second-order valence-electron chi connectivity index (χ2n) is 8.82. The number of hydrogen-bond acceptors (Lipinski definition) is 12. The number of esters is 2. The summed E-state index contributed by atoms with van der Waals surface area (Å²) in [7, 11) is 0. The third kappa shape index (κ3) is 20.6. The van der Waals surface area contributed by atoms with Gasteiger partial charge in [-0.3, -0.25) is 28.8 Å². The third-order valence-corrected chi connectivity index (χ3v) is 6.49. The third-order valence-electron chi connectivity index (χ3n) is 5.29. The molecule has 0 saturated carbocycles. The van der Waals surface area contributed by atoms with E-state index < -0.39 is 48.4 Å². The largest absolute Gasteiger partial charge is 0.466 e. The smallest absolute Gasteiger partial charge is 0.305 e. The average molecular weight is 608 g/mol. The highest BCUT2D eigenvalue weighted by atomic mass is 32.2. The highest BCUT2D eigenvalue weighted by Crippen LogP contribution is 2.14. The van der Waals surface area contributed by atoms with Gasteiger partial charge >= 0.3 is 11.9 Å². The van der Waals surface area contributed by atoms with Crippen LogP contribution in [0.1, 0.15) is 52.4 Å². The van der Waals surface area contributed by atoms with Crippen LogP contribution >= 0.6 is 11.8 Å². The van der Waals surface area contributed by atoms with Gasteiger partial charge in [0.1, 0.15) is 12.1 Å². The molecule has 0 bridgehead atoms. The van der Waals surface area contributed by atoms with Gasteiger partial charge in [-0.2, -0.15) is 11.8 Å². The van der Waals surface area contributed by atoms with Crippen molar-refractivity contribution in [1.82, 2.24) is 16.0 Å². The van der Waals surface area contributed by atoms with E-state index in [1.165, 1.54) is 11.8 Å². The predicted octanol–water partition coefficient (Wildman–Crippen LogP) is -1.91. The molecule has 0 saturated heterocycles. The second kappa shape index (κ2) is 23.7. The highest BCUT2D eigenvalue weighted by molar-refractivity contribution is 7.99. The molecule has 8 N–H and O–H groups in total. The Hall–Kier alpha value is -2.95. The Labute approximate surface area is 244 Å². The number of aliphatic hydroxyl groups excluding tert-OH is 1. The van der Waals surface area contributed by atoms with Gasteiger partial charge in [0.15, 0.2) is 0 Å². The first kappa shape index (κ1) is 38.0. The maximum atomic E-state index is 12.5. The van der Waals surface area contributed by atoms with E-state index in [0.29, 0.717) is 38.0 Å². The van der Waals surface area contributed by atoms with Crippen LogP contribution in [-0.2, 0) is 43.0 Å². The molecule has 0 spiro atoms. The number of hydrogen-bond donors (Lipinski definition) is 6. The molecule has 16 heteroatoms. The van der Waals surface area contributed by atoms with E-state index in [1.54, 1.807) is 13.8 Å². The Morgan fingerprint density at radius 1 is 0.902 bits per heavy atom. The quantitative estimate of drug-likeness (QED) is 0.0521. The molecule has 0 aliphatic rings. The maximum absolute atomic E-state index is 12.5. The van der Waals surface area contributed by atoms with Gasteiger partial charge in [-0.05, 0) is 19.3 Å². The number of amides is 4. The molecule has 0 rings (SSSR count). The number of carbonyl (C=O) groups is 6. The molecule has 3 atom stereocenters. The van der Waals surface area contributed by atoms with Gasteiger partial charge in [0.2, 0.25) is 23.6 Å². The highest BCUT2D eigenvalue weighted by Gasteiger charge is 2.23. The Kier molecular flexibility index (Phi) is 22.0. The van der Waals surface area contributed by atoms with E-state index in [-0.39, 0.29) is 56.8 Å². The summed E-state index contributed by atoms with van der Waals surface area (Å²) < 4.78 is 15.7. The molecular formula is C25H45N5O10S. The second-order valence-corrected chi connectivity index (χ2v) is 9.89. The van der Waals surface area contributed by atoms with Crippen LogP contribution in [0.5, 0.6) is 0 Å². The summed E-state index contributed by atoms with van der Waals surface area (Å²) in [5.74, 6) is -2.37. The minimum atomic E-state index is -1.22. The molecule has 0 aromatic rings. The zero-order valence-electron chi connectivity index (χ0n) is 23.8. The van der Waals surface area contributed by atoms with Gasteiger partial charge in [0.25, 0.3) is 0 Å². The van der Waals surface area contributed by atoms with E-state index in [1.807, 2.05) is 0 Å². The summed E-state index contributed by atoms with van der Waals surface area (Å²) >= 11 is 1.31. The Bertz CT molecular complexity index is 833. The van der Waals surface area contributed by atoms with Crippen molar-refractivity contribution in [2.45, 2.75) is 70.6 Å². The van der Waals surface area contributed by atoms with Crippen LogP contribution in [0.15, 0.2) is 0 Å². The van der Waals surface area contributed by atoms with Gasteiger partial charge in [0, 0.05) is 37.3 Å². The van der Waals surface area contributed by atoms with Crippen LogP contribution in [0.2, 0.25) is 0 Å². The minimum absolute atomic E-state index is 0.00437. The molecule has 0 radical (unpaired) electrons. The van der Waals surface area contributed by atoms with Crippen molar-refractivity contribution in [3.63, 3.8) is 0 Å². The number of unbranched alkanes of at least 4 members (excludes halogenated alkanes) is 1. The van der Waals surface area contributed by atoms with Crippen LogP contribution in [0.25, 0.3) is 0 Å². The lowest BCUT2D eigenvalue weighted by molar-refractivity contribution is -0.148. The maximum Gasteiger partial charge on any atom is 0.305 e. The van der Waals surface area contributed by atoms with Gasteiger partial charge in [-0.15, -0.1) is 0 Å². The molecule has 0 aromatic carbocycles. The summed E-state index contributed by atoms with van der Waals surface area (Å²) in [4.78, 5) is 69.8. The summed E-state index contributed by atoms with van der Waals surface area (Å²) in [5.41, 5.74) is 10.9. The first-order valence-corrected chi connectivity index (χ1v) is 14.7. The van der Waals surface area contributed by atoms with Crippen molar-refractivity contribution >= 4 is 47.3 Å². The topological polar surface area (TPSA) is 238 Å². The molecule has 0 fully saturated rings. The van der Waals surface area contributed by atoms with E-state index in [9.17, 15) is 33.9 Å². The van der Waals surface area contributed by atoms with Gasteiger partial charge in [0.05, 0.1) is 39.0 Å². The summed E-state index contributed by atoms with van der Waals surface area (Å²) in [6.07, 6.45) is 2.01. The first-order valence-electron chi connectivity index (χ1n) is 13.5. The Balaban J connectivity index is 4.37. The number of aliphatic hydroxyl groups is 1. The lowest BCUT2D eigenvalue weighted by Crippen LogP contribution is -2.54. The average Bonchev–Trinajstić information content (AvgIpc) is 2.95. The number of carbonyl (C=O) groups excluding carboxylic acids is 6. The fourth-order valence-corrected chi connectivity index (χ4v) is 4.03. The number of thioether (sulfide) groups is 1. The molecule has 3 unspecified atom stereocenters. The van der Waals surface area contributed by atoms with Crippen molar-refractivity contribution in [2.24, 2.45) is 11.5 Å². The summed E-state index contributed by atoms with van der Waals surface area (Å²) in [5, 5.41) is 16.7. The van der Waals surface area contributed by atoms with Crippen LogP contribution in [0.3, 0.4) is 0 Å². The van der Waals surface area contributed by atoms with E-state index >= 15 is 0 Å². The van der Waals surface area contributed by atoms with Crippen LogP contribution < -0.4 is 27.4 Å². The summed E-state index contributed by atoms with van der Waals surface area (Å²) in [6, 6.07) is -2.21. The molecule has 0 heterocycles. The fraction of sp³-hybridized carbons (Fsp3) is 0.760. The Morgan fingerprint density at radius 3 is 2.24 bits per heavy atom. The molecular weight excluding hydrogens is 562 g/mol. The van der Waals surface area contributed by atoms with Crippen molar-refractivity contribution < 1.29 is 48.1 Å². The molecule has 0 aliphatic carbocycles. The van der Waals surface area contributed by atoms with Crippen LogP contribution in [-0.4, -0.2) is 110 Å². The summed E-state index contributed by atoms with van der Waals surface area (Å²) in [6.45, 7) is 2.98. The number of nitrogens with two attached hydrogens (primary N) is 2. The van der Waals surface area contributed by atoms with Crippen molar-refractivity contribution in [3.8, 4) is 0 Å². The van der Waals surface area contributed by atoms with Gasteiger partial charge < -0.3 is 46.7 Å². The molecule has 15 nitrogen and oxygen atoms in total. The SMILES string of the molecule is CCC(=O)OCCCCC(CSCC(N)C(=O)NC(CO)C(=O)NCCOCCC(=O)NCC(N)=O)OC(=O)CC. The van der Waals surface area contributed by atoms with Crippen molar-refractivity contribution in [3.05, 3.63) is 0 Å². The lowest BCUT2D eigenvalue weighted by atomic mass is 10.2. The molecule has 0 aromatic heterocycles. The zero-order valence-corrected chi connectivity index (χ0v) is 24.6. The number of primary amides is 1. The number of ether oxygens (including phenoxy) is 3. The van der Waals surface area contributed by atoms with Gasteiger partial charge in [-0.25, -0.2) is 0 Å². The number of rotatable bonds is 24. The van der Waals surface area contributed by atoms with Gasteiger partial charge in [-0.1, -0.05) is 13.8 Å². The van der Waals surface area contributed by atoms with E-state index in [2.05, 4.69) is 16.0 Å². The van der Waals surface area contributed by atoms with Crippen molar-refractivity contribution in [2.75, 3.05) is 51.0 Å². The molecule has 236 valence electrons. The first-order chi connectivity index (χ1) is 19.5. The van der Waals surface area contributed by atoms with Crippen LogP contribution in [0.4, 0.5) is 0 Å². The van der Waals surface area contributed by atoms with E-state index in [4.69, 9.17) is 25.7 Å². The number of nitrogens with one attached hydrogen (secondary N) is 3. The minimum Gasteiger partial charge on any atom is -0.466 e. The molecule has 0 aliphatic heterocycles. The lowest BCUT2D eigenvalue weighted by Gasteiger charge is -2.20. The van der Waals surface area contributed by atoms with Crippen molar-refractivity contribution in [1.29, 1.82) is 0 Å². The monoisotopic (exact) mass is 607 g/mol. The Morgan fingerprint density at radius 2 is 1.61 bits per heavy atom. The zero-order chi connectivity index (χ0) is 31.0. The van der Waals surface area contributed by atoms with Crippen LogP contribution in [0, 0.1) is 0 Å². The normalized spacial score (nSPS) is 12.9. The molecule has 4 amide bonds. The predicted molar refractivity (Wildman–Crippen MR) is 150 cm³/mol. The standard InChI is InChI=1S/C25H45N5O10S/c1-3-22(34)39-10-6-5-7-17(40-23(35)4-2)15-41-16-18(26)24(36)30-19(14-31)25(37)28-9-12-38-11-8-21(33)29-13-20(27)32/h17-19,31H,3-16,26H2,1-2H3,(H2,27,32)(H,28,37)(H,29,33)(H,30,36). The van der Waals surface area contributed by atoms with E-state index in [0.717, 1.165) is 0 Å². The molecule has 41 heavy (non-hydrogen) atoms. The fourth-order valence-electron chi connectivity index (χ4n) is 2.99.